The number of unbranched alkanes of at least 4 members (excludes halogenated alkanes) is 13. The molecule has 0 spiro atoms. The molecule has 10 heteroatoms. The smallest absolute Gasteiger partial charge is 0.469 e. The molecule has 1 aliphatic carbocycles. The number of phosphoric acid groups is 1. The van der Waals surface area contributed by atoms with Crippen LogP contribution in [0.3, 0.4) is 0 Å². The molecule has 1 atom stereocenters. The molecule has 1 aromatic carbocycles. The molecule has 9 nitrogen and oxygen atoms in total. The highest BCUT2D eigenvalue weighted by molar-refractivity contribution is 7.46. The number of carbonyl (C=O) groups excluding carboxylic acids is 1. The fourth-order valence-corrected chi connectivity index (χ4v) is 6.49. The van der Waals surface area contributed by atoms with Crippen molar-refractivity contribution < 1.29 is 38.3 Å². The fraction of sp³-hybridized carbons (Fsp3) is 0.684. The van der Waals surface area contributed by atoms with Crippen molar-refractivity contribution in [2.45, 2.75) is 136 Å². The molecule has 0 amide bonds. The summed E-state index contributed by atoms with van der Waals surface area (Å²) in [7, 11) is -4.25. The lowest BCUT2D eigenvalue weighted by Gasteiger charge is -2.34. The molecule has 1 aromatic rings. The molecule has 2 aliphatic rings. The number of carbonyl (C=O) groups is 2. The molecule has 48 heavy (non-hydrogen) atoms. The molecule has 1 saturated heterocycles. The van der Waals surface area contributed by atoms with Crippen LogP contribution in [0.5, 0.6) is 0 Å². The van der Waals surface area contributed by atoms with Gasteiger partial charge in [0.05, 0.1) is 12.0 Å². The number of nitrogens with zero attached hydrogens (tertiary/aromatic N) is 1. The Hall–Kier alpha value is -2.29. The van der Waals surface area contributed by atoms with Crippen molar-refractivity contribution >= 4 is 19.8 Å². The number of aliphatic carboxylic acids is 1. The number of carboxylic acids is 1. The second-order valence-corrected chi connectivity index (χ2v) is 14.8. The Bertz CT molecular complexity index is 1140. The minimum Gasteiger partial charge on any atom is -0.478 e. The topological polar surface area (TPSA) is 134 Å². The summed E-state index contributed by atoms with van der Waals surface area (Å²) in [4.78, 5) is 43.3. The van der Waals surface area contributed by atoms with Gasteiger partial charge in [0.1, 0.15) is 6.10 Å². The summed E-state index contributed by atoms with van der Waals surface area (Å²) in [5.74, 6) is -1.31. The number of piperidine rings is 1. The highest BCUT2D eigenvalue weighted by Crippen LogP contribution is 2.36. The van der Waals surface area contributed by atoms with E-state index in [1.165, 1.54) is 76.2 Å². The molecule has 272 valence electrons. The van der Waals surface area contributed by atoms with Crippen LogP contribution in [0, 0.1) is 5.41 Å². The molecular weight excluding hydrogens is 629 g/mol. The number of hydrogen-bond donors (Lipinski definition) is 3. The van der Waals surface area contributed by atoms with Gasteiger partial charge in [-0.05, 0) is 44.6 Å². The summed E-state index contributed by atoms with van der Waals surface area (Å²) in [5, 5.41) is 9.18. The largest absolute Gasteiger partial charge is 0.478 e. The predicted molar refractivity (Wildman–Crippen MR) is 192 cm³/mol. The van der Waals surface area contributed by atoms with Crippen molar-refractivity contribution in [3.63, 3.8) is 0 Å². The standard InChI is InChI=1S/C22H27NO4.C16H35O4P/c1-22(12-5-8-18(16-22)20(24)25)21(26)27-19-10-14-23(15-11-19)13-9-17-6-3-2-4-7-17;1-2-3-4-5-6-7-8-9-10-11-12-13-14-15-16-20-21(17,18)19/h2-8,12,19H,9-11,13-16H2,1H3,(H,24,25);2-16H2,1H3,(H2,17,18,19). The number of benzene rings is 1. The lowest BCUT2D eigenvalue weighted by Crippen LogP contribution is -2.41. The van der Waals surface area contributed by atoms with Gasteiger partial charge < -0.3 is 24.5 Å². The molecule has 0 aromatic heterocycles. The lowest BCUT2D eigenvalue weighted by molar-refractivity contribution is -0.160. The Kier molecular flexibility index (Phi) is 20.9. The predicted octanol–water partition coefficient (Wildman–Crippen LogP) is 8.79. The second kappa shape index (κ2) is 24.0. The van der Waals surface area contributed by atoms with E-state index in [0.29, 0.717) is 0 Å². The summed E-state index contributed by atoms with van der Waals surface area (Å²) in [5.41, 5.74) is 0.686. The third kappa shape index (κ3) is 19.0. The normalized spacial score (nSPS) is 18.5. The highest BCUT2D eigenvalue weighted by atomic mass is 31.2. The maximum Gasteiger partial charge on any atom is 0.469 e. The number of esters is 1. The third-order valence-corrected chi connectivity index (χ3v) is 9.70. The van der Waals surface area contributed by atoms with Gasteiger partial charge in [0, 0.05) is 25.2 Å². The van der Waals surface area contributed by atoms with E-state index in [-0.39, 0.29) is 30.7 Å². The number of hydrogen-bond acceptors (Lipinski definition) is 6. The average Bonchev–Trinajstić information content (AvgIpc) is 3.06. The first-order chi connectivity index (χ1) is 23.0. The molecular formula is C38H62NO8P. The maximum atomic E-state index is 12.6. The van der Waals surface area contributed by atoms with Gasteiger partial charge in [0.2, 0.25) is 0 Å². The van der Waals surface area contributed by atoms with Crippen molar-refractivity contribution in [3.8, 4) is 0 Å². The Morgan fingerprint density at radius 3 is 1.94 bits per heavy atom. The molecule has 1 heterocycles. The van der Waals surface area contributed by atoms with Crippen LogP contribution in [0.25, 0.3) is 0 Å². The van der Waals surface area contributed by atoms with Gasteiger partial charge in [0.15, 0.2) is 0 Å². The number of phosphoric ester groups is 1. The SMILES string of the molecule is CC1(C(=O)OC2CCN(CCc3ccccc3)CC2)C=CC=C(C(=O)O)C1.CCCCCCCCCCCCCCCCOP(=O)(O)O. The molecule has 0 radical (unpaired) electrons. The summed E-state index contributed by atoms with van der Waals surface area (Å²) < 4.78 is 20.6. The molecule has 1 fully saturated rings. The van der Waals surface area contributed by atoms with Crippen LogP contribution in [0.1, 0.15) is 129 Å². The van der Waals surface area contributed by atoms with Crippen molar-refractivity contribution in [1.29, 1.82) is 0 Å². The monoisotopic (exact) mass is 691 g/mol. The zero-order valence-electron chi connectivity index (χ0n) is 29.5. The van der Waals surface area contributed by atoms with Gasteiger partial charge in [-0.3, -0.25) is 9.32 Å². The summed E-state index contributed by atoms with van der Waals surface area (Å²) >= 11 is 0. The molecule has 3 rings (SSSR count). The quantitative estimate of drug-likeness (QED) is 0.0620. The van der Waals surface area contributed by atoms with Gasteiger partial charge in [-0.1, -0.05) is 139 Å². The minimum absolute atomic E-state index is 0.0881. The van der Waals surface area contributed by atoms with Crippen LogP contribution in [-0.2, 0) is 29.8 Å². The van der Waals surface area contributed by atoms with Gasteiger partial charge in [0.25, 0.3) is 0 Å². The van der Waals surface area contributed by atoms with E-state index in [0.717, 1.165) is 58.2 Å². The van der Waals surface area contributed by atoms with E-state index in [1.54, 1.807) is 25.2 Å². The molecule has 0 bridgehead atoms. The minimum atomic E-state index is -4.25. The van der Waals surface area contributed by atoms with E-state index in [4.69, 9.17) is 14.5 Å². The first-order valence-electron chi connectivity index (χ1n) is 18.3. The first kappa shape index (κ1) is 41.9. The van der Waals surface area contributed by atoms with Crippen molar-refractivity contribution in [3.05, 3.63) is 59.7 Å². The van der Waals surface area contributed by atoms with Crippen LogP contribution >= 0.6 is 7.82 Å². The average molecular weight is 692 g/mol. The Morgan fingerprint density at radius 1 is 0.875 bits per heavy atom. The molecule has 0 saturated carbocycles. The van der Waals surface area contributed by atoms with Crippen LogP contribution < -0.4 is 0 Å². The number of carboxylic acid groups (broad SMARTS) is 1. The van der Waals surface area contributed by atoms with E-state index < -0.39 is 19.2 Å². The summed E-state index contributed by atoms with van der Waals surface area (Å²) in [6.07, 6.45) is 25.5. The van der Waals surface area contributed by atoms with Crippen LogP contribution in [-0.4, -0.2) is 64.1 Å². The lowest BCUT2D eigenvalue weighted by atomic mass is 9.80. The van der Waals surface area contributed by atoms with Gasteiger partial charge in [-0.15, -0.1) is 0 Å². The van der Waals surface area contributed by atoms with E-state index in [1.807, 2.05) is 6.07 Å². The molecule has 1 aliphatic heterocycles. The van der Waals surface area contributed by atoms with Crippen LogP contribution in [0.15, 0.2) is 54.1 Å². The highest BCUT2D eigenvalue weighted by Gasteiger charge is 2.38. The van der Waals surface area contributed by atoms with Crippen molar-refractivity contribution in [2.75, 3.05) is 26.2 Å². The van der Waals surface area contributed by atoms with Crippen molar-refractivity contribution in [1.82, 2.24) is 4.90 Å². The van der Waals surface area contributed by atoms with Crippen molar-refractivity contribution in [2.24, 2.45) is 5.41 Å². The fourth-order valence-electron chi connectivity index (χ4n) is 6.13. The summed E-state index contributed by atoms with van der Waals surface area (Å²) in [6, 6.07) is 10.4. The number of rotatable bonds is 22. The Balaban J connectivity index is 0.000000347. The Morgan fingerprint density at radius 2 is 1.42 bits per heavy atom. The Labute approximate surface area is 289 Å². The van der Waals surface area contributed by atoms with Gasteiger partial charge in [-0.2, -0.15) is 0 Å². The molecule has 3 N–H and O–H groups in total. The third-order valence-electron chi connectivity index (χ3n) is 9.19. The van der Waals surface area contributed by atoms with Crippen LogP contribution in [0.4, 0.5) is 0 Å². The van der Waals surface area contributed by atoms with E-state index in [9.17, 15) is 19.3 Å². The molecule has 1 unspecified atom stereocenters. The first-order valence-corrected chi connectivity index (χ1v) is 19.8. The maximum absolute atomic E-state index is 12.6. The van der Waals surface area contributed by atoms with Gasteiger partial charge in [-0.25, -0.2) is 9.36 Å². The van der Waals surface area contributed by atoms with E-state index in [2.05, 4.69) is 40.6 Å². The van der Waals surface area contributed by atoms with Gasteiger partial charge >= 0.3 is 19.8 Å². The van der Waals surface area contributed by atoms with Crippen LogP contribution in [0.2, 0.25) is 0 Å². The number of ether oxygens (including phenoxy) is 1. The zero-order chi connectivity index (χ0) is 35.1. The summed E-state index contributed by atoms with van der Waals surface area (Å²) in [6.45, 7) is 7.01. The number of likely N-dealkylation sites (tertiary alicyclic amines) is 1. The number of allylic oxidation sites excluding steroid dienone is 2. The second-order valence-electron chi connectivity index (χ2n) is 13.6. The zero-order valence-corrected chi connectivity index (χ0v) is 30.4. The van der Waals surface area contributed by atoms with E-state index >= 15 is 0 Å².